The summed E-state index contributed by atoms with van der Waals surface area (Å²) in [5.74, 6) is 1.20. The first-order chi connectivity index (χ1) is 16.1. The first-order valence-electron chi connectivity index (χ1n) is 11.1. The van der Waals surface area contributed by atoms with Crippen LogP contribution in [0.1, 0.15) is 40.3 Å². The van der Waals surface area contributed by atoms with Gasteiger partial charge in [0.05, 0.1) is 36.2 Å². The molecule has 5 heterocycles. The zero-order valence-electron chi connectivity index (χ0n) is 18.2. The Bertz CT molecular complexity index is 1310. The molecule has 1 aliphatic heterocycles. The van der Waals surface area contributed by atoms with Crippen LogP contribution in [-0.4, -0.2) is 55.6 Å². The highest BCUT2D eigenvalue weighted by Gasteiger charge is 2.25. The number of aromatic nitrogens is 5. The SMILES string of the molecule is Cn1cc(-n2ccc3nc(Cc4cc(C(=O)NC5CC5)cs4)nc(O[C@H]4CCOC4)c32)cn1. The largest absolute Gasteiger partial charge is 0.470 e. The van der Waals surface area contributed by atoms with Gasteiger partial charge in [-0.25, -0.2) is 4.98 Å². The summed E-state index contributed by atoms with van der Waals surface area (Å²) < 4.78 is 15.6. The van der Waals surface area contributed by atoms with Crippen LogP contribution in [0.4, 0.5) is 0 Å². The lowest BCUT2D eigenvalue weighted by molar-refractivity contribution is 0.0951. The number of rotatable bonds is 7. The average Bonchev–Trinajstić information content (AvgIpc) is 3.26. The molecule has 2 fully saturated rings. The number of amides is 1. The molecular weight excluding hydrogens is 440 g/mol. The van der Waals surface area contributed by atoms with E-state index in [4.69, 9.17) is 19.4 Å². The van der Waals surface area contributed by atoms with Crippen LogP contribution in [0, 0.1) is 0 Å². The first-order valence-corrected chi connectivity index (χ1v) is 12.0. The standard InChI is InChI=1S/C23H24N6O3S/c1-28-11-16(10-24-28)29-6-4-19-21(29)23(32-17-5-7-31-12-17)27-20(26-19)9-18-8-14(13-33-18)22(30)25-15-2-3-15/h4,6,8,10-11,13,15,17H,2-3,5,7,9,12H2,1H3,(H,25,30)/t17-/m0/s1. The van der Waals surface area contributed by atoms with Crippen LogP contribution in [0.5, 0.6) is 5.88 Å². The zero-order chi connectivity index (χ0) is 22.4. The highest BCUT2D eigenvalue weighted by Crippen LogP contribution is 2.30. The number of hydrogen-bond acceptors (Lipinski definition) is 7. The third-order valence-corrected chi connectivity index (χ3v) is 6.78. The third kappa shape index (κ3) is 4.23. The fourth-order valence-corrected chi connectivity index (χ4v) is 4.84. The Labute approximate surface area is 194 Å². The van der Waals surface area contributed by atoms with Gasteiger partial charge in [-0.05, 0) is 25.0 Å². The summed E-state index contributed by atoms with van der Waals surface area (Å²) in [5.41, 5.74) is 3.24. The topological polar surface area (TPSA) is 96.1 Å². The van der Waals surface area contributed by atoms with Crippen molar-refractivity contribution in [2.45, 2.75) is 37.8 Å². The molecule has 1 amide bonds. The maximum atomic E-state index is 12.3. The highest BCUT2D eigenvalue weighted by atomic mass is 32.1. The van der Waals surface area contributed by atoms with Gasteiger partial charge in [0.15, 0.2) is 0 Å². The van der Waals surface area contributed by atoms with Gasteiger partial charge in [-0.15, -0.1) is 11.3 Å². The Morgan fingerprint density at radius 1 is 1.33 bits per heavy atom. The van der Waals surface area contributed by atoms with Crippen molar-refractivity contribution < 1.29 is 14.3 Å². The fraction of sp³-hybridized carbons (Fsp3) is 0.391. The summed E-state index contributed by atoms with van der Waals surface area (Å²) >= 11 is 1.55. The van der Waals surface area contributed by atoms with E-state index in [1.807, 2.05) is 41.5 Å². The van der Waals surface area contributed by atoms with E-state index in [-0.39, 0.29) is 12.0 Å². The van der Waals surface area contributed by atoms with E-state index in [0.717, 1.165) is 40.9 Å². The highest BCUT2D eigenvalue weighted by molar-refractivity contribution is 7.10. The normalized spacial score (nSPS) is 18.2. The molecule has 0 spiro atoms. The van der Waals surface area contributed by atoms with Gasteiger partial charge >= 0.3 is 0 Å². The van der Waals surface area contributed by atoms with Crippen LogP contribution in [0.2, 0.25) is 0 Å². The number of hydrogen-bond donors (Lipinski definition) is 1. The molecule has 6 rings (SSSR count). The smallest absolute Gasteiger partial charge is 0.252 e. The Balaban J connectivity index is 1.33. The number of carbonyl (C=O) groups excluding carboxylic acids is 1. The van der Waals surface area contributed by atoms with E-state index in [9.17, 15) is 4.79 Å². The van der Waals surface area contributed by atoms with Gasteiger partial charge in [0.25, 0.3) is 5.91 Å². The lowest BCUT2D eigenvalue weighted by Crippen LogP contribution is -2.24. The van der Waals surface area contributed by atoms with Crippen LogP contribution < -0.4 is 10.1 Å². The molecule has 9 nitrogen and oxygen atoms in total. The molecule has 1 saturated carbocycles. The predicted octanol–water partition coefficient (Wildman–Crippen LogP) is 2.87. The summed E-state index contributed by atoms with van der Waals surface area (Å²) in [6.07, 6.45) is 9.18. The van der Waals surface area contributed by atoms with Crippen molar-refractivity contribution >= 4 is 28.3 Å². The number of aryl methyl sites for hydroxylation is 1. The molecule has 10 heteroatoms. The van der Waals surface area contributed by atoms with Crippen molar-refractivity contribution in [1.82, 2.24) is 29.6 Å². The van der Waals surface area contributed by atoms with E-state index in [2.05, 4.69) is 10.4 Å². The molecule has 0 aromatic carbocycles. The molecule has 170 valence electrons. The van der Waals surface area contributed by atoms with Crippen molar-refractivity contribution in [3.8, 4) is 11.6 Å². The minimum atomic E-state index is -0.0346. The Hall–Kier alpha value is -3.24. The molecule has 1 saturated heterocycles. The second-order valence-corrected chi connectivity index (χ2v) is 9.56. The Morgan fingerprint density at radius 2 is 2.24 bits per heavy atom. The summed E-state index contributed by atoms with van der Waals surface area (Å²) in [5, 5.41) is 9.22. The number of nitrogens with one attached hydrogen (secondary N) is 1. The molecule has 1 N–H and O–H groups in total. The molecule has 4 aromatic heterocycles. The van der Waals surface area contributed by atoms with Crippen LogP contribution >= 0.6 is 11.3 Å². The fourth-order valence-electron chi connectivity index (χ4n) is 3.98. The van der Waals surface area contributed by atoms with Gasteiger partial charge in [0.2, 0.25) is 5.88 Å². The molecular formula is C23H24N6O3S. The molecule has 33 heavy (non-hydrogen) atoms. The van der Waals surface area contributed by atoms with Crippen molar-refractivity contribution in [1.29, 1.82) is 0 Å². The van der Waals surface area contributed by atoms with E-state index < -0.39 is 0 Å². The minimum absolute atomic E-state index is 0.00447. The van der Waals surface area contributed by atoms with Gasteiger partial charge in [-0.2, -0.15) is 10.1 Å². The number of thiophene rings is 1. The molecule has 1 aliphatic carbocycles. The van der Waals surface area contributed by atoms with Crippen molar-refractivity contribution in [3.05, 3.63) is 52.4 Å². The molecule has 0 bridgehead atoms. The zero-order valence-corrected chi connectivity index (χ0v) is 19.0. The molecule has 0 unspecified atom stereocenters. The van der Waals surface area contributed by atoms with E-state index in [0.29, 0.717) is 42.9 Å². The van der Waals surface area contributed by atoms with Crippen LogP contribution in [-0.2, 0) is 18.2 Å². The van der Waals surface area contributed by atoms with Crippen molar-refractivity contribution in [2.75, 3.05) is 13.2 Å². The molecule has 1 atom stereocenters. The van der Waals surface area contributed by atoms with Crippen LogP contribution in [0.3, 0.4) is 0 Å². The second kappa shape index (κ2) is 8.27. The summed E-state index contributed by atoms with van der Waals surface area (Å²) in [4.78, 5) is 23.0. The average molecular weight is 465 g/mol. The second-order valence-electron chi connectivity index (χ2n) is 8.57. The van der Waals surface area contributed by atoms with E-state index in [1.54, 1.807) is 22.2 Å². The van der Waals surface area contributed by atoms with Gasteiger partial charge in [-0.1, -0.05) is 0 Å². The summed E-state index contributed by atoms with van der Waals surface area (Å²) in [6, 6.07) is 4.24. The predicted molar refractivity (Wildman–Crippen MR) is 123 cm³/mol. The molecule has 4 aromatic rings. The molecule has 0 radical (unpaired) electrons. The lowest BCUT2D eigenvalue weighted by atomic mass is 10.2. The van der Waals surface area contributed by atoms with Gasteiger partial charge < -0.3 is 19.4 Å². The number of carbonyl (C=O) groups is 1. The van der Waals surface area contributed by atoms with Crippen LogP contribution in [0.25, 0.3) is 16.7 Å². The van der Waals surface area contributed by atoms with Gasteiger partial charge in [0.1, 0.15) is 17.4 Å². The summed E-state index contributed by atoms with van der Waals surface area (Å²) in [6.45, 7) is 1.25. The first kappa shape index (κ1) is 20.4. The summed E-state index contributed by atoms with van der Waals surface area (Å²) in [7, 11) is 1.89. The number of nitrogens with zero attached hydrogens (tertiary/aromatic N) is 5. The number of ether oxygens (including phenoxy) is 2. The van der Waals surface area contributed by atoms with E-state index >= 15 is 0 Å². The van der Waals surface area contributed by atoms with Gasteiger partial charge in [-0.3, -0.25) is 9.48 Å². The third-order valence-electron chi connectivity index (χ3n) is 5.84. The lowest BCUT2D eigenvalue weighted by Gasteiger charge is -2.14. The minimum Gasteiger partial charge on any atom is -0.470 e. The van der Waals surface area contributed by atoms with Crippen LogP contribution in [0.15, 0.2) is 36.1 Å². The van der Waals surface area contributed by atoms with Crippen molar-refractivity contribution in [2.24, 2.45) is 7.05 Å². The van der Waals surface area contributed by atoms with E-state index in [1.165, 1.54) is 0 Å². The Morgan fingerprint density at radius 3 is 3.00 bits per heavy atom. The Kier molecular flexibility index (Phi) is 5.11. The molecule has 2 aliphatic rings. The maximum Gasteiger partial charge on any atom is 0.252 e. The quantitative estimate of drug-likeness (QED) is 0.452. The van der Waals surface area contributed by atoms with Crippen molar-refractivity contribution in [3.63, 3.8) is 0 Å². The monoisotopic (exact) mass is 464 g/mol. The maximum absolute atomic E-state index is 12.3. The number of fused-ring (bicyclic) bond motifs is 1. The van der Waals surface area contributed by atoms with Gasteiger partial charge in [0, 0.05) is 48.6 Å².